The van der Waals surface area contributed by atoms with E-state index in [0.717, 1.165) is 5.56 Å². The summed E-state index contributed by atoms with van der Waals surface area (Å²) in [5.74, 6) is 0. The number of anilines is 1. The van der Waals surface area contributed by atoms with Gasteiger partial charge in [-0.3, -0.25) is 4.31 Å². The van der Waals surface area contributed by atoms with Gasteiger partial charge in [-0.15, -0.1) is 0 Å². The van der Waals surface area contributed by atoms with Crippen molar-refractivity contribution in [2.45, 2.75) is 11.3 Å². The molecule has 0 aliphatic rings. The van der Waals surface area contributed by atoms with Gasteiger partial charge in [0.1, 0.15) is 0 Å². The zero-order chi connectivity index (χ0) is 16.0. The molecule has 6 heteroatoms. The second kappa shape index (κ2) is 7.07. The largest absolute Gasteiger partial charge is 0.394 e. The number of rotatable bonds is 6. The zero-order valence-electron chi connectivity index (χ0n) is 11.9. The minimum atomic E-state index is -3.76. The number of sulfonamides is 1. The summed E-state index contributed by atoms with van der Waals surface area (Å²) in [7, 11) is -3.76. The Labute approximate surface area is 130 Å². The lowest BCUT2D eigenvalue weighted by Gasteiger charge is -2.23. The van der Waals surface area contributed by atoms with E-state index < -0.39 is 10.0 Å². The van der Waals surface area contributed by atoms with Crippen LogP contribution in [0.25, 0.3) is 0 Å². The minimum Gasteiger partial charge on any atom is -0.394 e. The molecule has 0 saturated carbocycles. The Hall–Kier alpha value is -2.36. The SMILES string of the molecule is N#CCc1ccc(S(=O)(=O)N(CCO)c2ccccc2)cc1. The van der Waals surface area contributed by atoms with Crippen molar-refractivity contribution in [1.29, 1.82) is 5.26 Å². The average molecular weight is 316 g/mol. The van der Waals surface area contributed by atoms with Crippen molar-refractivity contribution in [3.63, 3.8) is 0 Å². The van der Waals surface area contributed by atoms with E-state index in [4.69, 9.17) is 5.26 Å². The van der Waals surface area contributed by atoms with E-state index in [9.17, 15) is 13.5 Å². The zero-order valence-corrected chi connectivity index (χ0v) is 12.7. The van der Waals surface area contributed by atoms with Gasteiger partial charge < -0.3 is 5.11 Å². The average Bonchev–Trinajstić information content (AvgIpc) is 2.54. The quantitative estimate of drug-likeness (QED) is 0.883. The lowest BCUT2D eigenvalue weighted by atomic mass is 10.2. The van der Waals surface area contributed by atoms with E-state index in [1.165, 1.54) is 16.4 Å². The van der Waals surface area contributed by atoms with E-state index in [2.05, 4.69) is 0 Å². The number of aliphatic hydroxyl groups excluding tert-OH is 1. The van der Waals surface area contributed by atoms with Crippen molar-refractivity contribution in [2.24, 2.45) is 0 Å². The second-order valence-electron chi connectivity index (χ2n) is 4.62. The van der Waals surface area contributed by atoms with Crippen molar-refractivity contribution >= 4 is 15.7 Å². The second-order valence-corrected chi connectivity index (χ2v) is 6.48. The Morgan fingerprint density at radius 3 is 2.23 bits per heavy atom. The smallest absolute Gasteiger partial charge is 0.264 e. The van der Waals surface area contributed by atoms with Gasteiger partial charge in [-0.1, -0.05) is 30.3 Å². The third kappa shape index (κ3) is 3.45. The molecular formula is C16H16N2O3S. The van der Waals surface area contributed by atoms with Gasteiger partial charge in [0.05, 0.1) is 36.2 Å². The molecule has 0 unspecified atom stereocenters. The molecule has 0 amide bonds. The van der Waals surface area contributed by atoms with Crippen molar-refractivity contribution in [1.82, 2.24) is 0 Å². The van der Waals surface area contributed by atoms with Gasteiger partial charge in [0.2, 0.25) is 0 Å². The Kier molecular flexibility index (Phi) is 5.15. The first-order valence-electron chi connectivity index (χ1n) is 6.74. The highest BCUT2D eigenvalue weighted by atomic mass is 32.2. The summed E-state index contributed by atoms with van der Waals surface area (Å²) in [4.78, 5) is 0.131. The molecule has 0 atom stereocenters. The number of nitriles is 1. The maximum Gasteiger partial charge on any atom is 0.264 e. The molecule has 0 saturated heterocycles. The third-order valence-corrected chi connectivity index (χ3v) is 4.98. The first-order valence-corrected chi connectivity index (χ1v) is 8.18. The standard InChI is InChI=1S/C16H16N2O3S/c17-11-10-14-6-8-16(9-7-14)22(20,21)18(12-13-19)15-4-2-1-3-5-15/h1-9,19H,10,12-13H2. The predicted molar refractivity (Wildman–Crippen MR) is 83.8 cm³/mol. The number of aliphatic hydroxyl groups is 1. The van der Waals surface area contributed by atoms with Crippen molar-refractivity contribution in [3.8, 4) is 6.07 Å². The maximum absolute atomic E-state index is 12.7. The van der Waals surface area contributed by atoms with Gasteiger partial charge >= 0.3 is 0 Å². The summed E-state index contributed by atoms with van der Waals surface area (Å²) in [6.07, 6.45) is 0.235. The fourth-order valence-corrected chi connectivity index (χ4v) is 3.53. The number of hydrogen-bond donors (Lipinski definition) is 1. The van der Waals surface area contributed by atoms with Gasteiger partial charge in [-0.25, -0.2) is 8.42 Å². The van der Waals surface area contributed by atoms with Gasteiger partial charge in [0.15, 0.2) is 0 Å². The third-order valence-electron chi connectivity index (χ3n) is 3.14. The highest BCUT2D eigenvalue weighted by molar-refractivity contribution is 7.92. The minimum absolute atomic E-state index is 0.0215. The molecular weight excluding hydrogens is 300 g/mol. The predicted octanol–water partition coefficient (Wildman–Crippen LogP) is 1.94. The molecule has 2 rings (SSSR count). The molecule has 0 bridgehead atoms. The summed E-state index contributed by atoms with van der Waals surface area (Å²) >= 11 is 0. The van der Waals surface area contributed by atoms with Crippen LogP contribution in [0.1, 0.15) is 5.56 Å². The fourth-order valence-electron chi connectivity index (χ4n) is 2.07. The van der Waals surface area contributed by atoms with Crippen LogP contribution in [0, 0.1) is 11.3 Å². The molecule has 2 aromatic rings. The molecule has 22 heavy (non-hydrogen) atoms. The van der Waals surface area contributed by atoms with Crippen LogP contribution in [0.3, 0.4) is 0 Å². The summed E-state index contributed by atoms with van der Waals surface area (Å²) in [6.45, 7) is -0.299. The molecule has 1 N–H and O–H groups in total. The Morgan fingerprint density at radius 2 is 1.68 bits per heavy atom. The monoisotopic (exact) mass is 316 g/mol. The van der Waals surface area contributed by atoms with Gasteiger partial charge in [0, 0.05) is 0 Å². The molecule has 0 aromatic heterocycles. The number of benzene rings is 2. The Bertz CT molecular complexity index is 750. The van der Waals surface area contributed by atoms with Crippen LogP contribution in [0.5, 0.6) is 0 Å². The van der Waals surface area contributed by atoms with Crippen molar-refractivity contribution in [2.75, 3.05) is 17.5 Å². The van der Waals surface area contributed by atoms with Gasteiger partial charge in [-0.05, 0) is 29.8 Å². The number of nitrogens with zero attached hydrogens (tertiary/aromatic N) is 2. The molecule has 2 aromatic carbocycles. The highest BCUT2D eigenvalue weighted by Crippen LogP contribution is 2.23. The molecule has 114 valence electrons. The molecule has 0 fully saturated rings. The van der Waals surface area contributed by atoms with Crippen molar-refractivity contribution < 1.29 is 13.5 Å². The maximum atomic E-state index is 12.7. The topological polar surface area (TPSA) is 81.4 Å². The lowest BCUT2D eigenvalue weighted by Crippen LogP contribution is -2.33. The van der Waals surface area contributed by atoms with Crippen LogP contribution >= 0.6 is 0 Å². The molecule has 0 heterocycles. The Balaban J connectivity index is 2.39. The normalized spacial score (nSPS) is 10.9. The van der Waals surface area contributed by atoms with E-state index in [-0.39, 0.29) is 24.5 Å². The van der Waals surface area contributed by atoms with E-state index in [0.29, 0.717) is 5.69 Å². The lowest BCUT2D eigenvalue weighted by molar-refractivity contribution is 0.306. The van der Waals surface area contributed by atoms with Crippen LogP contribution in [0.15, 0.2) is 59.5 Å². The molecule has 5 nitrogen and oxygen atoms in total. The molecule has 0 aliphatic heterocycles. The number of hydrogen-bond acceptors (Lipinski definition) is 4. The van der Waals surface area contributed by atoms with Crippen molar-refractivity contribution in [3.05, 3.63) is 60.2 Å². The van der Waals surface area contributed by atoms with E-state index in [1.54, 1.807) is 42.5 Å². The van der Waals surface area contributed by atoms with Crippen LogP contribution in [-0.2, 0) is 16.4 Å². The van der Waals surface area contributed by atoms with Crippen LogP contribution in [-0.4, -0.2) is 26.7 Å². The molecule has 0 radical (unpaired) electrons. The summed E-state index contributed by atoms with van der Waals surface area (Å²) in [6, 6.07) is 16.9. The summed E-state index contributed by atoms with van der Waals surface area (Å²) in [5, 5.41) is 17.8. The first-order chi connectivity index (χ1) is 10.6. The van der Waals surface area contributed by atoms with Crippen LogP contribution in [0.4, 0.5) is 5.69 Å². The fraction of sp³-hybridized carbons (Fsp3) is 0.188. The summed E-state index contributed by atoms with van der Waals surface area (Å²) in [5.41, 5.74) is 1.26. The summed E-state index contributed by atoms with van der Waals surface area (Å²) < 4.78 is 26.7. The first kappa shape index (κ1) is 16.0. The number of para-hydroxylation sites is 1. The van der Waals surface area contributed by atoms with Crippen LogP contribution < -0.4 is 4.31 Å². The highest BCUT2D eigenvalue weighted by Gasteiger charge is 2.24. The van der Waals surface area contributed by atoms with Gasteiger partial charge in [0.25, 0.3) is 10.0 Å². The van der Waals surface area contributed by atoms with Crippen LogP contribution in [0.2, 0.25) is 0 Å². The molecule has 0 spiro atoms. The van der Waals surface area contributed by atoms with E-state index >= 15 is 0 Å². The molecule has 0 aliphatic carbocycles. The Morgan fingerprint density at radius 1 is 1.05 bits per heavy atom. The van der Waals surface area contributed by atoms with E-state index in [1.807, 2.05) is 6.07 Å². The van der Waals surface area contributed by atoms with Gasteiger partial charge in [-0.2, -0.15) is 5.26 Å².